The Labute approximate surface area is 142 Å². The van der Waals surface area contributed by atoms with E-state index in [0.717, 1.165) is 34.9 Å². The number of hydrogen-bond donors (Lipinski definition) is 0. The normalized spacial score (nSPS) is 19.6. The first-order valence-corrected chi connectivity index (χ1v) is 8.28. The molecule has 4 heteroatoms. The molecule has 2 heterocycles. The first-order valence-electron chi connectivity index (χ1n) is 8.28. The molecule has 1 aliphatic heterocycles. The van der Waals surface area contributed by atoms with Crippen LogP contribution in [0.25, 0.3) is 17.0 Å². The predicted octanol–water partition coefficient (Wildman–Crippen LogP) is 3.78. The lowest BCUT2D eigenvalue weighted by atomic mass is 9.89. The van der Waals surface area contributed by atoms with E-state index in [9.17, 15) is 4.79 Å². The molecule has 0 unspecified atom stereocenters. The van der Waals surface area contributed by atoms with Gasteiger partial charge in [-0.05, 0) is 38.0 Å². The number of rotatable bonds is 4. The largest absolute Gasteiger partial charge is 0.349 e. The van der Waals surface area contributed by atoms with Crippen molar-refractivity contribution in [2.75, 3.05) is 13.2 Å². The number of benzene rings is 1. The Morgan fingerprint density at radius 3 is 2.54 bits per heavy atom. The minimum atomic E-state index is -0.733. The highest BCUT2D eigenvalue weighted by molar-refractivity contribution is 5.81. The standard InChI is InChI=1S/C20H23NO3/c1-4-17-8-7-16-6-5-15(11-18(16)21-17)9-10-20(12-22)13-23-19(2,3)24-14-20/h5-12H,4,13-14H2,1-3H3/b10-9+. The zero-order chi connectivity index (χ0) is 17.2. The van der Waals surface area contributed by atoms with Crippen molar-refractivity contribution in [3.8, 4) is 0 Å². The summed E-state index contributed by atoms with van der Waals surface area (Å²) in [5, 5.41) is 1.11. The highest BCUT2D eigenvalue weighted by Gasteiger charge is 2.38. The number of ether oxygens (including phenoxy) is 2. The van der Waals surface area contributed by atoms with Crippen molar-refractivity contribution in [2.45, 2.75) is 33.0 Å². The maximum atomic E-state index is 11.6. The molecule has 1 aliphatic rings. The Hall–Kier alpha value is -2.04. The van der Waals surface area contributed by atoms with E-state index in [1.807, 2.05) is 44.2 Å². The molecule has 0 saturated carbocycles. The summed E-state index contributed by atoms with van der Waals surface area (Å²) in [5.41, 5.74) is 2.32. The molecule has 0 amide bonds. The van der Waals surface area contributed by atoms with E-state index < -0.39 is 11.2 Å². The van der Waals surface area contributed by atoms with Gasteiger partial charge in [0.1, 0.15) is 6.29 Å². The molecule has 1 fully saturated rings. The fourth-order valence-corrected chi connectivity index (χ4v) is 2.64. The lowest BCUT2D eigenvalue weighted by Crippen LogP contribution is -2.46. The SMILES string of the molecule is CCc1ccc2ccc(/C=C/C3(C=O)COC(C)(C)OC3)cc2n1. The van der Waals surface area contributed by atoms with Crippen molar-refractivity contribution >= 4 is 23.3 Å². The van der Waals surface area contributed by atoms with E-state index in [2.05, 4.69) is 24.0 Å². The van der Waals surface area contributed by atoms with Crippen molar-refractivity contribution in [1.82, 2.24) is 4.98 Å². The molecular formula is C20H23NO3. The van der Waals surface area contributed by atoms with Gasteiger partial charge in [0, 0.05) is 11.1 Å². The van der Waals surface area contributed by atoms with Crippen molar-refractivity contribution in [3.63, 3.8) is 0 Å². The molecule has 0 aliphatic carbocycles. The summed E-state index contributed by atoms with van der Waals surface area (Å²) in [6.07, 6.45) is 5.64. The number of aldehydes is 1. The smallest absolute Gasteiger partial charge is 0.162 e. The van der Waals surface area contributed by atoms with Gasteiger partial charge in [-0.3, -0.25) is 4.98 Å². The second-order valence-corrected chi connectivity index (χ2v) is 6.77. The van der Waals surface area contributed by atoms with Crippen LogP contribution in [0.4, 0.5) is 0 Å². The van der Waals surface area contributed by atoms with E-state index in [4.69, 9.17) is 9.47 Å². The molecule has 0 bridgehead atoms. The van der Waals surface area contributed by atoms with Crippen LogP contribution in [0, 0.1) is 5.41 Å². The van der Waals surface area contributed by atoms with Crippen molar-refractivity contribution in [3.05, 3.63) is 47.7 Å². The minimum Gasteiger partial charge on any atom is -0.349 e. The zero-order valence-electron chi connectivity index (χ0n) is 14.4. The molecule has 1 saturated heterocycles. The monoisotopic (exact) mass is 325 g/mol. The summed E-state index contributed by atoms with van der Waals surface area (Å²) in [6.45, 7) is 6.45. The summed E-state index contributed by atoms with van der Waals surface area (Å²) in [4.78, 5) is 16.2. The van der Waals surface area contributed by atoms with E-state index in [-0.39, 0.29) is 0 Å². The summed E-state index contributed by atoms with van der Waals surface area (Å²) >= 11 is 0. The van der Waals surface area contributed by atoms with Crippen LogP contribution in [-0.2, 0) is 20.7 Å². The van der Waals surface area contributed by atoms with Crippen LogP contribution in [0.1, 0.15) is 32.0 Å². The molecule has 0 radical (unpaired) electrons. The van der Waals surface area contributed by atoms with Crippen molar-refractivity contribution in [1.29, 1.82) is 0 Å². The summed E-state index contributed by atoms with van der Waals surface area (Å²) in [5.74, 6) is -0.635. The number of pyridine rings is 1. The van der Waals surface area contributed by atoms with E-state index in [1.165, 1.54) is 0 Å². The maximum absolute atomic E-state index is 11.6. The van der Waals surface area contributed by atoms with Crippen LogP contribution in [0.3, 0.4) is 0 Å². The minimum absolute atomic E-state index is 0.325. The quantitative estimate of drug-likeness (QED) is 0.803. The molecule has 0 spiro atoms. The lowest BCUT2D eigenvalue weighted by Gasteiger charge is -2.38. The van der Waals surface area contributed by atoms with Gasteiger partial charge in [0.25, 0.3) is 0 Å². The van der Waals surface area contributed by atoms with Gasteiger partial charge in [-0.1, -0.05) is 37.3 Å². The first kappa shape index (κ1) is 16.8. The molecule has 1 aromatic heterocycles. The topological polar surface area (TPSA) is 48.4 Å². The number of aryl methyl sites for hydroxylation is 1. The van der Waals surface area contributed by atoms with Gasteiger partial charge in [-0.15, -0.1) is 0 Å². The third-order valence-electron chi connectivity index (χ3n) is 4.36. The van der Waals surface area contributed by atoms with Crippen LogP contribution in [0.15, 0.2) is 36.4 Å². The second kappa shape index (κ2) is 6.46. The van der Waals surface area contributed by atoms with Gasteiger partial charge in [0.2, 0.25) is 0 Å². The van der Waals surface area contributed by atoms with Crippen LogP contribution < -0.4 is 0 Å². The van der Waals surface area contributed by atoms with Crippen LogP contribution in [0.5, 0.6) is 0 Å². The number of hydrogen-bond acceptors (Lipinski definition) is 4. The van der Waals surface area contributed by atoms with Gasteiger partial charge in [-0.2, -0.15) is 0 Å². The van der Waals surface area contributed by atoms with E-state index >= 15 is 0 Å². The fraction of sp³-hybridized carbons (Fsp3) is 0.400. The third-order valence-corrected chi connectivity index (χ3v) is 4.36. The average Bonchev–Trinajstić information content (AvgIpc) is 2.60. The predicted molar refractivity (Wildman–Crippen MR) is 94.6 cm³/mol. The lowest BCUT2D eigenvalue weighted by molar-refractivity contribution is -0.269. The van der Waals surface area contributed by atoms with Crippen LogP contribution in [-0.4, -0.2) is 30.3 Å². The fourth-order valence-electron chi connectivity index (χ4n) is 2.64. The van der Waals surface area contributed by atoms with Crippen molar-refractivity contribution in [2.24, 2.45) is 5.41 Å². The summed E-state index contributed by atoms with van der Waals surface area (Å²) in [7, 11) is 0. The van der Waals surface area contributed by atoms with Crippen molar-refractivity contribution < 1.29 is 14.3 Å². The molecule has 126 valence electrons. The highest BCUT2D eigenvalue weighted by Crippen LogP contribution is 2.30. The van der Waals surface area contributed by atoms with Crippen LogP contribution in [0.2, 0.25) is 0 Å². The number of carbonyl (C=O) groups is 1. The molecule has 4 nitrogen and oxygen atoms in total. The first-order chi connectivity index (χ1) is 11.5. The molecule has 3 rings (SSSR count). The van der Waals surface area contributed by atoms with E-state index in [0.29, 0.717) is 13.2 Å². The molecule has 2 aromatic rings. The highest BCUT2D eigenvalue weighted by atomic mass is 16.7. The van der Waals surface area contributed by atoms with Gasteiger partial charge < -0.3 is 14.3 Å². The molecule has 0 atom stereocenters. The number of aromatic nitrogens is 1. The Bertz CT molecular complexity index is 770. The molecule has 0 N–H and O–H groups in total. The number of nitrogens with zero attached hydrogens (tertiary/aromatic N) is 1. The van der Waals surface area contributed by atoms with Gasteiger partial charge in [0.15, 0.2) is 5.79 Å². The Morgan fingerprint density at radius 2 is 1.88 bits per heavy atom. The third kappa shape index (κ3) is 3.55. The Morgan fingerprint density at radius 1 is 1.17 bits per heavy atom. The van der Waals surface area contributed by atoms with Crippen LogP contribution >= 0.6 is 0 Å². The Balaban J connectivity index is 1.85. The molecular weight excluding hydrogens is 302 g/mol. The average molecular weight is 325 g/mol. The maximum Gasteiger partial charge on any atom is 0.162 e. The van der Waals surface area contributed by atoms with E-state index in [1.54, 1.807) is 0 Å². The van der Waals surface area contributed by atoms with Gasteiger partial charge in [-0.25, -0.2) is 0 Å². The zero-order valence-corrected chi connectivity index (χ0v) is 14.4. The summed E-state index contributed by atoms with van der Waals surface area (Å²) < 4.78 is 11.3. The summed E-state index contributed by atoms with van der Waals surface area (Å²) in [6, 6.07) is 10.3. The number of carbonyl (C=O) groups excluding carboxylic acids is 1. The number of fused-ring (bicyclic) bond motifs is 1. The molecule has 24 heavy (non-hydrogen) atoms. The second-order valence-electron chi connectivity index (χ2n) is 6.77. The Kier molecular flexibility index (Phi) is 4.52. The van der Waals surface area contributed by atoms with Gasteiger partial charge in [0.05, 0.1) is 24.1 Å². The van der Waals surface area contributed by atoms with Gasteiger partial charge >= 0.3 is 0 Å². The molecule has 1 aromatic carbocycles.